The topological polar surface area (TPSA) is 75.6 Å². The largest absolute Gasteiger partial charge is 0.494 e. The molecule has 2 aromatic rings. The van der Waals surface area contributed by atoms with Crippen LogP contribution in [0.1, 0.15) is 18.1 Å². The van der Waals surface area contributed by atoms with Gasteiger partial charge in [0.25, 0.3) is 0 Å². The van der Waals surface area contributed by atoms with E-state index in [4.69, 9.17) is 23.7 Å². The van der Waals surface area contributed by atoms with Crippen LogP contribution in [-0.2, 0) is 9.53 Å². The number of esters is 1. The molecule has 0 saturated carbocycles. The smallest absolute Gasteiger partial charge is 0.363 e. The molecule has 0 atom stereocenters. The number of carbonyl (C=O) groups excluding carboxylic acids is 1. The third-order valence-electron chi connectivity index (χ3n) is 4.00. The Balaban J connectivity index is 1.97. The highest BCUT2D eigenvalue weighted by Gasteiger charge is 2.26. The fraction of sp³-hybridized carbons (Fsp3) is 0.238. The van der Waals surface area contributed by atoms with E-state index in [1.165, 1.54) is 21.3 Å². The SMILES string of the molecule is CCOc1cccc(/C=C2/N=C(c3cc(OC)c(OC)c(OC)c3)OC2=O)c1. The molecule has 2 aromatic carbocycles. The van der Waals surface area contributed by atoms with Crippen LogP contribution in [0.15, 0.2) is 47.1 Å². The maximum absolute atomic E-state index is 12.3. The van der Waals surface area contributed by atoms with Gasteiger partial charge in [-0.2, -0.15) is 0 Å². The van der Waals surface area contributed by atoms with Gasteiger partial charge in [-0.25, -0.2) is 9.79 Å². The van der Waals surface area contributed by atoms with Crippen molar-refractivity contribution < 1.29 is 28.5 Å². The number of methoxy groups -OCH3 is 3. The van der Waals surface area contributed by atoms with Gasteiger partial charge in [-0.15, -0.1) is 0 Å². The van der Waals surface area contributed by atoms with E-state index in [0.29, 0.717) is 29.4 Å². The Morgan fingerprint density at radius 1 is 1.04 bits per heavy atom. The summed E-state index contributed by atoms with van der Waals surface area (Å²) >= 11 is 0. The van der Waals surface area contributed by atoms with Gasteiger partial charge in [0.1, 0.15) is 5.75 Å². The second kappa shape index (κ2) is 8.47. The summed E-state index contributed by atoms with van der Waals surface area (Å²) in [6, 6.07) is 10.7. The average Bonchev–Trinajstić information content (AvgIpc) is 3.07. The second-order valence-electron chi connectivity index (χ2n) is 5.76. The maximum Gasteiger partial charge on any atom is 0.363 e. The molecule has 0 bridgehead atoms. The molecule has 0 fully saturated rings. The van der Waals surface area contributed by atoms with Gasteiger partial charge in [0.15, 0.2) is 17.2 Å². The van der Waals surface area contributed by atoms with Gasteiger partial charge < -0.3 is 23.7 Å². The van der Waals surface area contributed by atoms with E-state index in [2.05, 4.69) is 4.99 Å². The first-order chi connectivity index (χ1) is 13.6. The Kier molecular flexibility index (Phi) is 5.84. The number of ether oxygens (including phenoxy) is 5. The quantitative estimate of drug-likeness (QED) is 0.538. The number of carbonyl (C=O) groups is 1. The second-order valence-corrected chi connectivity index (χ2v) is 5.76. The third-order valence-corrected chi connectivity index (χ3v) is 4.00. The fourth-order valence-electron chi connectivity index (χ4n) is 2.76. The van der Waals surface area contributed by atoms with Crippen molar-refractivity contribution in [2.24, 2.45) is 4.99 Å². The minimum atomic E-state index is -0.537. The van der Waals surface area contributed by atoms with Gasteiger partial charge in [-0.1, -0.05) is 12.1 Å². The highest BCUT2D eigenvalue weighted by molar-refractivity contribution is 6.13. The summed E-state index contributed by atoms with van der Waals surface area (Å²) in [6.07, 6.45) is 1.65. The van der Waals surface area contributed by atoms with Gasteiger partial charge >= 0.3 is 5.97 Å². The predicted octanol–water partition coefficient (Wildman–Crippen LogP) is 3.46. The lowest BCUT2D eigenvalue weighted by atomic mass is 10.1. The van der Waals surface area contributed by atoms with Crippen LogP contribution in [0.5, 0.6) is 23.0 Å². The Bertz CT molecular complexity index is 923. The number of cyclic esters (lactones) is 1. The first-order valence-electron chi connectivity index (χ1n) is 8.65. The van der Waals surface area contributed by atoms with Crippen LogP contribution in [0.2, 0.25) is 0 Å². The van der Waals surface area contributed by atoms with Crippen LogP contribution in [0.3, 0.4) is 0 Å². The number of aliphatic imine (C=N–C) groups is 1. The number of benzene rings is 2. The molecule has 0 radical (unpaired) electrons. The van der Waals surface area contributed by atoms with Crippen LogP contribution >= 0.6 is 0 Å². The number of rotatable bonds is 7. The lowest BCUT2D eigenvalue weighted by molar-refractivity contribution is -0.129. The number of hydrogen-bond donors (Lipinski definition) is 0. The van der Waals surface area contributed by atoms with Crippen molar-refractivity contribution in [2.45, 2.75) is 6.92 Å². The fourth-order valence-corrected chi connectivity index (χ4v) is 2.76. The van der Waals surface area contributed by atoms with Crippen molar-refractivity contribution in [3.63, 3.8) is 0 Å². The normalized spacial score (nSPS) is 14.5. The minimum Gasteiger partial charge on any atom is -0.494 e. The average molecular weight is 383 g/mol. The lowest BCUT2D eigenvalue weighted by Crippen LogP contribution is -2.06. The molecule has 0 saturated heterocycles. The standard InChI is InChI=1S/C21H21NO6/c1-5-27-15-8-6-7-13(9-15)10-16-21(23)28-20(22-16)14-11-17(24-2)19(26-4)18(12-14)25-3/h6-12H,5H2,1-4H3/b16-10+. The zero-order valence-corrected chi connectivity index (χ0v) is 16.1. The summed E-state index contributed by atoms with van der Waals surface area (Å²) < 4.78 is 26.8. The van der Waals surface area contributed by atoms with Gasteiger partial charge in [0.05, 0.1) is 27.9 Å². The molecular weight excluding hydrogens is 362 g/mol. The highest BCUT2D eigenvalue weighted by Crippen LogP contribution is 2.39. The van der Waals surface area contributed by atoms with Crippen molar-refractivity contribution >= 4 is 17.9 Å². The van der Waals surface area contributed by atoms with E-state index in [1.54, 1.807) is 18.2 Å². The third kappa shape index (κ3) is 3.93. The van der Waals surface area contributed by atoms with Crippen molar-refractivity contribution in [1.29, 1.82) is 0 Å². The molecule has 146 valence electrons. The summed E-state index contributed by atoms with van der Waals surface area (Å²) in [6.45, 7) is 2.47. The Labute approximate surface area is 163 Å². The highest BCUT2D eigenvalue weighted by atomic mass is 16.6. The maximum atomic E-state index is 12.3. The monoisotopic (exact) mass is 383 g/mol. The van der Waals surface area contributed by atoms with Crippen LogP contribution in [0.25, 0.3) is 6.08 Å². The number of hydrogen-bond acceptors (Lipinski definition) is 7. The van der Waals surface area contributed by atoms with Crippen molar-refractivity contribution in [1.82, 2.24) is 0 Å². The van der Waals surface area contributed by atoms with Crippen molar-refractivity contribution in [3.8, 4) is 23.0 Å². The lowest BCUT2D eigenvalue weighted by Gasteiger charge is -2.13. The van der Waals surface area contributed by atoms with E-state index in [1.807, 2.05) is 31.2 Å². The summed E-state index contributed by atoms with van der Waals surface area (Å²) in [5, 5.41) is 0. The van der Waals surface area contributed by atoms with Crippen LogP contribution in [0, 0.1) is 0 Å². The molecule has 0 aliphatic carbocycles. The van der Waals surface area contributed by atoms with Crippen molar-refractivity contribution in [3.05, 3.63) is 53.2 Å². The molecule has 0 amide bonds. The van der Waals surface area contributed by atoms with Crippen LogP contribution in [-0.4, -0.2) is 39.8 Å². The Hall–Kier alpha value is -3.48. The summed E-state index contributed by atoms with van der Waals surface area (Å²) in [5.41, 5.74) is 1.51. The van der Waals surface area contributed by atoms with E-state index in [0.717, 1.165) is 11.3 Å². The van der Waals surface area contributed by atoms with Crippen LogP contribution in [0.4, 0.5) is 0 Å². The van der Waals surface area contributed by atoms with Gasteiger partial charge in [0, 0.05) is 5.56 Å². The Morgan fingerprint density at radius 2 is 1.75 bits per heavy atom. The molecule has 7 heteroatoms. The van der Waals surface area contributed by atoms with Gasteiger partial charge in [-0.05, 0) is 42.8 Å². The molecule has 0 aromatic heterocycles. The van der Waals surface area contributed by atoms with E-state index < -0.39 is 5.97 Å². The molecule has 28 heavy (non-hydrogen) atoms. The minimum absolute atomic E-state index is 0.163. The molecule has 1 aliphatic rings. The number of nitrogens with zero attached hydrogens (tertiary/aromatic N) is 1. The van der Waals surface area contributed by atoms with E-state index in [9.17, 15) is 4.79 Å². The molecule has 0 unspecified atom stereocenters. The Morgan fingerprint density at radius 3 is 2.36 bits per heavy atom. The summed E-state index contributed by atoms with van der Waals surface area (Å²) in [7, 11) is 4.55. The first kappa shape index (κ1) is 19.3. The summed E-state index contributed by atoms with van der Waals surface area (Å²) in [5.74, 6) is 1.68. The summed E-state index contributed by atoms with van der Waals surface area (Å²) in [4.78, 5) is 16.6. The van der Waals surface area contributed by atoms with E-state index in [-0.39, 0.29) is 11.6 Å². The van der Waals surface area contributed by atoms with E-state index >= 15 is 0 Å². The zero-order chi connectivity index (χ0) is 20.1. The first-order valence-corrected chi connectivity index (χ1v) is 8.65. The van der Waals surface area contributed by atoms with Gasteiger partial charge in [-0.3, -0.25) is 0 Å². The molecule has 1 heterocycles. The molecule has 0 N–H and O–H groups in total. The molecule has 1 aliphatic heterocycles. The molecule has 7 nitrogen and oxygen atoms in total. The van der Waals surface area contributed by atoms with Crippen LogP contribution < -0.4 is 18.9 Å². The predicted molar refractivity (Wildman–Crippen MR) is 104 cm³/mol. The zero-order valence-electron chi connectivity index (χ0n) is 16.1. The molecule has 3 rings (SSSR count). The molecular formula is C21H21NO6. The van der Waals surface area contributed by atoms with Crippen molar-refractivity contribution in [2.75, 3.05) is 27.9 Å². The van der Waals surface area contributed by atoms with Gasteiger partial charge in [0.2, 0.25) is 11.6 Å². The molecule has 0 spiro atoms.